The Morgan fingerprint density at radius 1 is 1.00 bits per heavy atom. The molecule has 3 aromatic rings. The number of alkyl halides is 5. The van der Waals surface area contributed by atoms with Gasteiger partial charge >= 0.3 is 12.1 Å². The largest absolute Gasteiger partial charge is 0.490 e. The number of hydrogen-bond acceptors (Lipinski definition) is 6. The standard InChI is InChI=1S/C37H42F5N5O4/c1-19(2)47-16-29(27-8-7-26(14-30(27)47)51-25-5-3-24(4-6-25)46-17-35(38,39)18-46)32-43-15-28(31(44-32)37(40,41)42)33(48)45-36(34(49)50)22-10-20-9-21(12-22)13-23(36)11-20/h7-8,14-16,19-25H,3-6,9-13,17-18H2,1-2H3,(H,45,48)(H,49,50)/t20?,21?,22?,23?,24-,25-,36?. The number of nitrogens with one attached hydrogen (secondary N) is 1. The van der Waals surface area contributed by atoms with E-state index in [4.69, 9.17) is 4.74 Å². The molecule has 1 aromatic carbocycles. The van der Waals surface area contributed by atoms with Crippen LogP contribution >= 0.6 is 0 Å². The summed E-state index contributed by atoms with van der Waals surface area (Å²) in [6, 6.07) is 5.39. The van der Waals surface area contributed by atoms with Crippen molar-refractivity contribution in [2.24, 2.45) is 23.7 Å². The van der Waals surface area contributed by atoms with Crippen LogP contribution in [0.25, 0.3) is 22.3 Å². The van der Waals surface area contributed by atoms with Crippen molar-refractivity contribution >= 4 is 22.8 Å². The van der Waals surface area contributed by atoms with Crippen LogP contribution in [-0.4, -0.2) is 73.1 Å². The number of rotatable bonds is 8. The lowest BCUT2D eigenvalue weighted by Crippen LogP contribution is -2.70. The number of hydrogen-bond donors (Lipinski definition) is 2. The monoisotopic (exact) mass is 715 g/mol. The smallest absolute Gasteiger partial charge is 0.434 e. The fourth-order valence-electron chi connectivity index (χ4n) is 10.1. The SMILES string of the molecule is CC(C)n1cc(-c2ncc(C(=O)NC3(C(=O)O)C4CC5CC(C4)CC3C5)c(C(F)(F)F)n2)c2ccc(O[C@H]3CC[C@H](N4CC(F)(F)C4)CC3)cc21. The summed E-state index contributed by atoms with van der Waals surface area (Å²) < 4.78 is 78.8. The van der Waals surface area contributed by atoms with E-state index in [0.717, 1.165) is 38.3 Å². The van der Waals surface area contributed by atoms with Crippen molar-refractivity contribution in [3.05, 3.63) is 41.9 Å². The van der Waals surface area contributed by atoms with Crippen molar-refractivity contribution in [1.82, 2.24) is 24.8 Å². The van der Waals surface area contributed by atoms with E-state index in [2.05, 4.69) is 15.3 Å². The second-order valence-corrected chi connectivity index (χ2v) is 15.9. The van der Waals surface area contributed by atoms with E-state index in [0.29, 0.717) is 59.7 Å². The molecule has 5 aliphatic carbocycles. The molecule has 1 aliphatic heterocycles. The Balaban J connectivity index is 1.06. The number of likely N-dealkylation sites (tertiary alicyclic amines) is 1. The zero-order valence-corrected chi connectivity index (χ0v) is 28.6. The first-order chi connectivity index (χ1) is 24.1. The summed E-state index contributed by atoms with van der Waals surface area (Å²) in [5, 5.41) is 13.6. The van der Waals surface area contributed by atoms with E-state index in [1.165, 1.54) is 0 Å². The minimum Gasteiger partial charge on any atom is -0.490 e. The van der Waals surface area contributed by atoms with Gasteiger partial charge in [-0.3, -0.25) is 9.69 Å². The molecule has 5 saturated carbocycles. The maximum absolute atomic E-state index is 14.6. The Morgan fingerprint density at radius 2 is 1.65 bits per heavy atom. The van der Waals surface area contributed by atoms with Gasteiger partial charge in [0.1, 0.15) is 11.3 Å². The molecule has 9 rings (SSSR count). The van der Waals surface area contributed by atoms with Crippen molar-refractivity contribution in [3.63, 3.8) is 0 Å². The summed E-state index contributed by atoms with van der Waals surface area (Å²) in [6.45, 7) is 3.50. The van der Waals surface area contributed by atoms with Gasteiger partial charge in [0.2, 0.25) is 0 Å². The molecular formula is C37H42F5N5O4. The fourth-order valence-corrected chi connectivity index (χ4v) is 10.1. The molecule has 0 unspecified atom stereocenters. The number of carboxylic acids is 1. The topological polar surface area (TPSA) is 110 Å². The number of carbonyl (C=O) groups excluding carboxylic acids is 1. The van der Waals surface area contributed by atoms with Gasteiger partial charge in [0.05, 0.1) is 30.3 Å². The number of amides is 1. The third kappa shape index (κ3) is 5.94. The van der Waals surface area contributed by atoms with Gasteiger partial charge in [-0.15, -0.1) is 0 Å². The average molecular weight is 716 g/mol. The Kier molecular flexibility index (Phi) is 8.15. The van der Waals surface area contributed by atoms with E-state index in [9.17, 15) is 36.6 Å². The van der Waals surface area contributed by atoms with Crippen LogP contribution in [0.15, 0.2) is 30.6 Å². The predicted molar refractivity (Wildman–Crippen MR) is 176 cm³/mol. The number of halogens is 5. The molecule has 274 valence electrons. The predicted octanol–water partition coefficient (Wildman–Crippen LogP) is 7.35. The normalized spacial score (nSPS) is 31.5. The van der Waals surface area contributed by atoms with Gasteiger partial charge in [-0.2, -0.15) is 13.2 Å². The van der Waals surface area contributed by atoms with E-state index in [1.807, 2.05) is 29.4 Å². The molecule has 0 radical (unpaired) electrons. The summed E-state index contributed by atoms with van der Waals surface area (Å²) in [6.07, 6.45) is 4.02. The van der Waals surface area contributed by atoms with E-state index < -0.39 is 40.8 Å². The molecule has 2 N–H and O–H groups in total. The summed E-state index contributed by atoms with van der Waals surface area (Å²) in [5.74, 6) is -4.45. The maximum Gasteiger partial charge on any atom is 0.434 e. The summed E-state index contributed by atoms with van der Waals surface area (Å²) in [7, 11) is 0. The van der Waals surface area contributed by atoms with Crippen LogP contribution in [0.4, 0.5) is 22.0 Å². The van der Waals surface area contributed by atoms with Crippen LogP contribution in [0.2, 0.25) is 0 Å². The van der Waals surface area contributed by atoms with Crippen LogP contribution < -0.4 is 10.1 Å². The molecule has 6 aliphatic rings. The Morgan fingerprint density at radius 3 is 2.22 bits per heavy atom. The van der Waals surface area contributed by atoms with Crippen molar-refractivity contribution in [1.29, 1.82) is 0 Å². The maximum atomic E-state index is 14.6. The Hall–Kier alpha value is -3.81. The van der Waals surface area contributed by atoms with Gasteiger partial charge in [0.15, 0.2) is 11.5 Å². The molecule has 2 aromatic heterocycles. The zero-order valence-electron chi connectivity index (χ0n) is 28.6. The van der Waals surface area contributed by atoms with Crippen molar-refractivity contribution in [2.75, 3.05) is 13.1 Å². The molecule has 6 fully saturated rings. The number of aromatic nitrogens is 3. The van der Waals surface area contributed by atoms with Gasteiger partial charge in [-0.05, 0) is 107 Å². The van der Waals surface area contributed by atoms with Crippen molar-refractivity contribution in [3.8, 4) is 17.1 Å². The van der Waals surface area contributed by atoms with Crippen molar-refractivity contribution < 1.29 is 41.4 Å². The first kappa shape index (κ1) is 34.3. The third-order valence-electron chi connectivity index (χ3n) is 12.3. The summed E-state index contributed by atoms with van der Waals surface area (Å²) in [4.78, 5) is 36.5. The van der Waals surface area contributed by atoms with Gasteiger partial charge < -0.3 is 19.7 Å². The molecule has 0 spiro atoms. The van der Waals surface area contributed by atoms with Crippen LogP contribution in [0.3, 0.4) is 0 Å². The highest BCUT2D eigenvalue weighted by Gasteiger charge is 2.62. The lowest BCUT2D eigenvalue weighted by atomic mass is 9.48. The number of ether oxygens (including phenoxy) is 1. The minimum absolute atomic E-state index is 0.0816. The summed E-state index contributed by atoms with van der Waals surface area (Å²) in [5.41, 5.74) is -2.79. The van der Waals surface area contributed by atoms with E-state index in [-0.39, 0.29) is 48.9 Å². The number of fused-ring (bicyclic) bond motifs is 1. The van der Waals surface area contributed by atoms with Gasteiger partial charge in [-0.1, -0.05) is 0 Å². The molecule has 0 atom stereocenters. The molecule has 1 amide bonds. The lowest BCUT2D eigenvalue weighted by Gasteiger charge is -2.59. The number of nitrogens with zero attached hydrogens (tertiary/aromatic N) is 4. The Labute approximate surface area is 291 Å². The number of benzene rings is 1. The quantitative estimate of drug-likeness (QED) is 0.235. The summed E-state index contributed by atoms with van der Waals surface area (Å²) >= 11 is 0. The molecule has 4 bridgehead atoms. The lowest BCUT2D eigenvalue weighted by molar-refractivity contribution is -0.163. The molecule has 14 heteroatoms. The molecule has 3 heterocycles. The third-order valence-corrected chi connectivity index (χ3v) is 12.3. The molecular weight excluding hydrogens is 673 g/mol. The fraction of sp³-hybridized carbons (Fsp3) is 0.622. The van der Waals surface area contributed by atoms with Gasteiger partial charge in [0.25, 0.3) is 11.8 Å². The first-order valence-electron chi connectivity index (χ1n) is 18.0. The van der Waals surface area contributed by atoms with Crippen LogP contribution in [0.1, 0.15) is 93.7 Å². The average Bonchev–Trinajstić information content (AvgIpc) is 3.44. The molecule has 1 saturated heterocycles. The van der Waals surface area contributed by atoms with Crippen molar-refractivity contribution in [2.45, 2.75) is 107 Å². The van der Waals surface area contributed by atoms with E-state index in [1.54, 1.807) is 18.3 Å². The molecule has 51 heavy (non-hydrogen) atoms. The number of carbonyl (C=O) groups is 2. The van der Waals surface area contributed by atoms with Crippen LogP contribution in [-0.2, 0) is 11.0 Å². The second kappa shape index (κ2) is 12.1. The van der Waals surface area contributed by atoms with Crippen LogP contribution in [0.5, 0.6) is 5.75 Å². The zero-order chi connectivity index (χ0) is 36.0. The minimum atomic E-state index is -5.02. The van der Waals surface area contributed by atoms with Crippen LogP contribution in [0, 0.1) is 23.7 Å². The van der Waals surface area contributed by atoms with Gasteiger partial charge in [-0.25, -0.2) is 23.5 Å². The Bertz CT molecular complexity index is 1830. The van der Waals surface area contributed by atoms with Gasteiger partial charge in [0, 0.05) is 41.5 Å². The highest BCUT2D eigenvalue weighted by molar-refractivity contribution is 6.00. The first-order valence-corrected chi connectivity index (χ1v) is 18.0. The number of carboxylic acid groups (broad SMARTS) is 1. The second-order valence-electron chi connectivity index (χ2n) is 15.9. The molecule has 9 nitrogen and oxygen atoms in total. The number of aliphatic carboxylic acids is 1. The van der Waals surface area contributed by atoms with E-state index >= 15 is 0 Å². The highest BCUT2D eigenvalue weighted by Crippen LogP contribution is 2.58. The highest BCUT2D eigenvalue weighted by atomic mass is 19.4.